The van der Waals surface area contributed by atoms with E-state index >= 15 is 0 Å². The molecule has 102 valence electrons. The number of rotatable bonds is 3. The van der Waals surface area contributed by atoms with Crippen LogP contribution in [0.4, 0.5) is 0 Å². The molecule has 2 rings (SSSR count). The molecule has 2 atom stereocenters. The van der Waals surface area contributed by atoms with Crippen LogP contribution in [0.1, 0.15) is 29.6 Å². The van der Waals surface area contributed by atoms with Gasteiger partial charge in [-0.15, -0.1) is 0 Å². The van der Waals surface area contributed by atoms with E-state index in [9.17, 15) is 9.59 Å². The summed E-state index contributed by atoms with van der Waals surface area (Å²) in [5, 5.41) is 12.1. The molecule has 4 nitrogen and oxygen atoms in total. The normalized spacial score (nSPS) is 22.2. The lowest BCUT2D eigenvalue weighted by Crippen LogP contribution is -2.33. The molecule has 0 bridgehead atoms. The van der Waals surface area contributed by atoms with E-state index in [2.05, 4.69) is 21.2 Å². The molecule has 0 radical (unpaired) electrons. The zero-order valence-electron chi connectivity index (χ0n) is 10.0. The van der Waals surface area contributed by atoms with Gasteiger partial charge in [-0.2, -0.15) is 0 Å². The highest BCUT2D eigenvalue weighted by Crippen LogP contribution is 2.28. The molecule has 0 heterocycles. The number of amides is 1. The fourth-order valence-electron chi connectivity index (χ4n) is 2.28. The van der Waals surface area contributed by atoms with Crippen LogP contribution in [0.25, 0.3) is 0 Å². The van der Waals surface area contributed by atoms with Crippen molar-refractivity contribution in [2.45, 2.75) is 25.3 Å². The van der Waals surface area contributed by atoms with Crippen LogP contribution in [0.3, 0.4) is 0 Å². The molecule has 1 aliphatic rings. The second-order valence-corrected chi connectivity index (χ2v) is 5.85. The first-order valence-corrected chi connectivity index (χ1v) is 7.14. The maximum absolute atomic E-state index is 12.1. The Morgan fingerprint density at radius 3 is 2.74 bits per heavy atom. The highest BCUT2D eigenvalue weighted by atomic mass is 79.9. The fraction of sp³-hybridized carbons (Fsp3) is 0.385. The Morgan fingerprint density at radius 1 is 1.37 bits per heavy atom. The second kappa shape index (κ2) is 5.92. The number of halogens is 2. The molecule has 2 N–H and O–H groups in total. The topological polar surface area (TPSA) is 66.4 Å². The van der Waals surface area contributed by atoms with Crippen molar-refractivity contribution in [1.29, 1.82) is 0 Å². The van der Waals surface area contributed by atoms with Gasteiger partial charge in [0.05, 0.1) is 16.5 Å². The molecular formula is C13H13BrClNO3. The van der Waals surface area contributed by atoms with Crippen molar-refractivity contribution in [3.8, 4) is 0 Å². The Kier molecular flexibility index (Phi) is 4.47. The summed E-state index contributed by atoms with van der Waals surface area (Å²) in [6.07, 6.45) is 1.77. The molecule has 6 heteroatoms. The van der Waals surface area contributed by atoms with E-state index in [-0.39, 0.29) is 17.9 Å². The zero-order valence-corrected chi connectivity index (χ0v) is 12.4. The lowest BCUT2D eigenvalue weighted by atomic mass is 10.1. The van der Waals surface area contributed by atoms with Gasteiger partial charge in [0.1, 0.15) is 0 Å². The molecule has 1 aromatic rings. The van der Waals surface area contributed by atoms with Gasteiger partial charge >= 0.3 is 5.97 Å². The van der Waals surface area contributed by atoms with Crippen LogP contribution in [-0.2, 0) is 4.79 Å². The van der Waals surface area contributed by atoms with Crippen molar-refractivity contribution in [2.24, 2.45) is 5.92 Å². The van der Waals surface area contributed by atoms with Crippen molar-refractivity contribution in [3.63, 3.8) is 0 Å². The highest BCUT2D eigenvalue weighted by molar-refractivity contribution is 9.10. The van der Waals surface area contributed by atoms with Gasteiger partial charge in [-0.3, -0.25) is 9.59 Å². The Hall–Kier alpha value is -1.07. The average molecular weight is 347 g/mol. The lowest BCUT2D eigenvalue weighted by molar-refractivity contribution is -0.141. The number of aliphatic carboxylic acids is 1. The first-order chi connectivity index (χ1) is 8.99. The van der Waals surface area contributed by atoms with Crippen LogP contribution in [0.15, 0.2) is 22.7 Å². The third kappa shape index (κ3) is 3.28. The molecule has 1 fully saturated rings. The predicted molar refractivity (Wildman–Crippen MR) is 75.4 cm³/mol. The largest absolute Gasteiger partial charge is 0.481 e. The third-order valence-corrected chi connectivity index (χ3v) is 4.61. The number of benzene rings is 1. The summed E-state index contributed by atoms with van der Waals surface area (Å²) in [5.41, 5.74) is 0.398. The van der Waals surface area contributed by atoms with Gasteiger partial charge in [0, 0.05) is 10.5 Å². The van der Waals surface area contributed by atoms with E-state index in [1.54, 1.807) is 18.2 Å². The molecule has 0 aromatic heterocycles. The van der Waals surface area contributed by atoms with Crippen molar-refractivity contribution in [1.82, 2.24) is 5.32 Å². The minimum Gasteiger partial charge on any atom is -0.481 e. The zero-order chi connectivity index (χ0) is 14.0. The highest BCUT2D eigenvalue weighted by Gasteiger charge is 2.30. The summed E-state index contributed by atoms with van der Waals surface area (Å²) in [7, 11) is 0. The molecule has 0 aliphatic heterocycles. The predicted octanol–water partition coefficient (Wildman–Crippen LogP) is 3.09. The Morgan fingerprint density at radius 2 is 2.11 bits per heavy atom. The summed E-state index contributed by atoms with van der Waals surface area (Å²) < 4.78 is 0.664. The van der Waals surface area contributed by atoms with Crippen LogP contribution >= 0.6 is 27.5 Å². The number of hydrogen-bond acceptors (Lipinski definition) is 2. The fourth-order valence-corrected chi connectivity index (χ4v) is 2.86. The first kappa shape index (κ1) is 14.3. The Bertz CT molecular complexity index is 521. The van der Waals surface area contributed by atoms with E-state index < -0.39 is 5.97 Å². The van der Waals surface area contributed by atoms with E-state index in [4.69, 9.17) is 16.7 Å². The van der Waals surface area contributed by atoms with Gasteiger partial charge in [-0.05, 0) is 47.3 Å². The summed E-state index contributed by atoms with van der Waals surface area (Å²) in [6, 6.07) is 5.05. The molecule has 1 aromatic carbocycles. The minimum absolute atomic E-state index is 0.0938. The van der Waals surface area contributed by atoms with Crippen molar-refractivity contribution < 1.29 is 14.7 Å². The van der Waals surface area contributed by atoms with Gasteiger partial charge in [0.25, 0.3) is 5.91 Å². The lowest BCUT2D eigenvalue weighted by Gasteiger charge is -2.13. The Labute approximate surface area is 124 Å². The average Bonchev–Trinajstić information content (AvgIpc) is 2.81. The molecule has 19 heavy (non-hydrogen) atoms. The van der Waals surface area contributed by atoms with Crippen LogP contribution < -0.4 is 5.32 Å². The van der Waals surface area contributed by atoms with Gasteiger partial charge in [-0.1, -0.05) is 17.7 Å². The van der Waals surface area contributed by atoms with Crippen LogP contribution in [0, 0.1) is 5.92 Å². The quantitative estimate of drug-likeness (QED) is 0.884. The van der Waals surface area contributed by atoms with Crippen molar-refractivity contribution >= 4 is 39.4 Å². The van der Waals surface area contributed by atoms with Gasteiger partial charge < -0.3 is 10.4 Å². The summed E-state index contributed by atoms with van der Waals surface area (Å²) in [4.78, 5) is 22.9. The number of carbonyl (C=O) groups is 2. The SMILES string of the molecule is O=C(N[C@H]1CC[C@@H](C(=O)O)C1)c1cccc(Br)c1Cl. The number of nitrogens with one attached hydrogen (secondary N) is 1. The smallest absolute Gasteiger partial charge is 0.306 e. The van der Waals surface area contributed by atoms with Crippen LogP contribution in [0.5, 0.6) is 0 Å². The number of carbonyl (C=O) groups excluding carboxylic acids is 1. The van der Waals surface area contributed by atoms with Crippen molar-refractivity contribution in [2.75, 3.05) is 0 Å². The van der Waals surface area contributed by atoms with Crippen LogP contribution in [-0.4, -0.2) is 23.0 Å². The van der Waals surface area contributed by atoms with E-state index in [1.807, 2.05) is 0 Å². The Balaban J connectivity index is 2.02. The molecule has 1 amide bonds. The molecule has 0 spiro atoms. The molecule has 0 saturated heterocycles. The number of carboxylic acid groups (broad SMARTS) is 1. The summed E-state index contributed by atoms with van der Waals surface area (Å²) >= 11 is 9.32. The molecule has 0 unspecified atom stereocenters. The number of carboxylic acids is 1. The molecular weight excluding hydrogens is 334 g/mol. The second-order valence-electron chi connectivity index (χ2n) is 4.62. The van der Waals surface area contributed by atoms with E-state index in [0.29, 0.717) is 34.3 Å². The molecule has 1 saturated carbocycles. The molecule has 1 aliphatic carbocycles. The van der Waals surface area contributed by atoms with E-state index in [0.717, 1.165) is 0 Å². The maximum atomic E-state index is 12.1. The van der Waals surface area contributed by atoms with E-state index in [1.165, 1.54) is 0 Å². The standard InChI is InChI=1S/C13H13BrClNO3/c14-10-3-1-2-9(11(10)15)12(17)16-8-5-4-7(6-8)13(18)19/h1-3,7-8H,4-6H2,(H,16,17)(H,18,19)/t7-,8+/m1/s1. The monoisotopic (exact) mass is 345 g/mol. The van der Waals surface area contributed by atoms with Gasteiger partial charge in [0.15, 0.2) is 0 Å². The minimum atomic E-state index is -0.794. The van der Waals surface area contributed by atoms with Crippen molar-refractivity contribution in [3.05, 3.63) is 33.3 Å². The first-order valence-electron chi connectivity index (χ1n) is 5.96. The van der Waals surface area contributed by atoms with Crippen LogP contribution in [0.2, 0.25) is 5.02 Å². The number of hydrogen-bond donors (Lipinski definition) is 2. The van der Waals surface area contributed by atoms with Gasteiger partial charge in [-0.25, -0.2) is 0 Å². The summed E-state index contributed by atoms with van der Waals surface area (Å²) in [5.74, 6) is -1.41. The summed E-state index contributed by atoms with van der Waals surface area (Å²) in [6.45, 7) is 0. The maximum Gasteiger partial charge on any atom is 0.306 e. The van der Waals surface area contributed by atoms with Gasteiger partial charge in [0.2, 0.25) is 0 Å². The third-order valence-electron chi connectivity index (χ3n) is 3.31.